The number of benzene rings is 1. The van der Waals surface area contributed by atoms with Crippen LogP contribution in [0.3, 0.4) is 0 Å². The number of anilines is 1. The number of fused-ring (bicyclic) bond motifs is 1. The molecule has 1 aliphatic heterocycles. The Morgan fingerprint density at radius 2 is 2.03 bits per heavy atom. The lowest BCUT2D eigenvalue weighted by Gasteiger charge is -2.22. The van der Waals surface area contributed by atoms with E-state index in [4.69, 9.17) is 0 Å². The summed E-state index contributed by atoms with van der Waals surface area (Å²) in [7, 11) is -3.57. The van der Waals surface area contributed by atoms with Crippen LogP contribution in [0.1, 0.15) is 36.6 Å². The van der Waals surface area contributed by atoms with Gasteiger partial charge in [-0.25, -0.2) is 8.42 Å². The predicted molar refractivity (Wildman–Crippen MR) is 113 cm³/mol. The van der Waals surface area contributed by atoms with E-state index in [1.807, 2.05) is 29.3 Å². The van der Waals surface area contributed by atoms with E-state index in [1.54, 1.807) is 29.5 Å². The molecule has 6 nitrogen and oxygen atoms in total. The fourth-order valence-electron chi connectivity index (χ4n) is 3.70. The molecule has 1 saturated carbocycles. The van der Waals surface area contributed by atoms with Crippen molar-refractivity contribution in [3.05, 3.63) is 46.2 Å². The van der Waals surface area contributed by atoms with E-state index >= 15 is 0 Å². The number of carbonyl (C=O) groups is 2. The van der Waals surface area contributed by atoms with Crippen molar-refractivity contribution in [2.24, 2.45) is 5.92 Å². The molecule has 0 saturated heterocycles. The van der Waals surface area contributed by atoms with Crippen LogP contribution in [0.15, 0.2) is 40.6 Å². The third kappa shape index (κ3) is 4.38. The van der Waals surface area contributed by atoms with Crippen LogP contribution in [0.2, 0.25) is 0 Å². The molecular weight excluding hydrogens is 408 g/mol. The Morgan fingerprint density at radius 1 is 1.24 bits per heavy atom. The van der Waals surface area contributed by atoms with Gasteiger partial charge in [0.25, 0.3) is 0 Å². The first-order valence-electron chi connectivity index (χ1n) is 9.83. The first-order valence-corrected chi connectivity index (χ1v) is 12.4. The molecule has 2 amide bonds. The summed E-state index contributed by atoms with van der Waals surface area (Å²) >= 11 is 1.54. The molecule has 1 aliphatic carbocycles. The van der Waals surface area contributed by atoms with Crippen LogP contribution < -0.4 is 10.2 Å². The lowest BCUT2D eigenvalue weighted by atomic mass is 10.1. The average Bonchev–Trinajstić information content (AvgIpc) is 3.31. The number of hydrogen-bond acceptors (Lipinski definition) is 5. The number of amides is 2. The number of thiophene rings is 1. The molecule has 2 aliphatic rings. The van der Waals surface area contributed by atoms with Gasteiger partial charge in [0.05, 0.1) is 17.2 Å². The SMILES string of the molecule is CC1Cc2cc(S(=O)(=O)CCC(=O)NCc3cccs3)ccc2N1C(=O)C1CC1. The van der Waals surface area contributed by atoms with Crippen LogP contribution in [-0.2, 0) is 32.4 Å². The standard InChI is InChI=1S/C21H24N2O4S2/c1-14-11-16-12-18(6-7-19(16)23(14)21(25)15-4-5-15)29(26,27)10-8-20(24)22-13-17-3-2-9-28-17/h2-3,6-7,9,12,14-15H,4-5,8,10-11,13H2,1H3,(H,22,24). The molecule has 0 spiro atoms. The molecule has 4 rings (SSSR count). The van der Waals surface area contributed by atoms with Crippen LogP contribution in [0.5, 0.6) is 0 Å². The first kappa shape index (κ1) is 20.1. The minimum Gasteiger partial charge on any atom is -0.351 e. The van der Waals surface area contributed by atoms with E-state index in [9.17, 15) is 18.0 Å². The smallest absolute Gasteiger partial charge is 0.230 e. The molecular formula is C21H24N2O4S2. The zero-order valence-electron chi connectivity index (χ0n) is 16.3. The highest BCUT2D eigenvalue weighted by Crippen LogP contribution is 2.39. The van der Waals surface area contributed by atoms with Crippen LogP contribution >= 0.6 is 11.3 Å². The lowest BCUT2D eigenvalue weighted by Crippen LogP contribution is -2.36. The predicted octanol–water partition coefficient (Wildman–Crippen LogP) is 2.92. The van der Waals surface area contributed by atoms with Gasteiger partial charge < -0.3 is 10.2 Å². The molecule has 1 fully saturated rings. The quantitative estimate of drug-likeness (QED) is 0.729. The second kappa shape index (κ2) is 7.91. The maximum atomic E-state index is 12.7. The van der Waals surface area contributed by atoms with Crippen LogP contribution in [0, 0.1) is 5.92 Å². The van der Waals surface area contributed by atoms with Crippen LogP contribution in [-0.4, -0.2) is 32.0 Å². The molecule has 0 radical (unpaired) electrons. The first-order chi connectivity index (χ1) is 13.8. The van der Waals surface area contributed by atoms with Crippen molar-refractivity contribution in [3.8, 4) is 0 Å². The van der Waals surface area contributed by atoms with Gasteiger partial charge in [-0.3, -0.25) is 9.59 Å². The van der Waals surface area contributed by atoms with Crippen molar-refractivity contribution in [2.45, 2.75) is 50.1 Å². The zero-order chi connectivity index (χ0) is 20.6. The number of nitrogens with zero attached hydrogens (tertiary/aromatic N) is 1. The summed E-state index contributed by atoms with van der Waals surface area (Å²) in [5.41, 5.74) is 1.71. The molecule has 1 N–H and O–H groups in total. The van der Waals surface area contributed by atoms with Crippen molar-refractivity contribution in [1.29, 1.82) is 0 Å². The van der Waals surface area contributed by atoms with Crippen LogP contribution in [0.4, 0.5) is 5.69 Å². The number of hydrogen-bond donors (Lipinski definition) is 1. The van der Waals surface area contributed by atoms with Gasteiger partial charge in [-0.05, 0) is 61.4 Å². The van der Waals surface area contributed by atoms with Crippen molar-refractivity contribution < 1.29 is 18.0 Å². The number of nitrogens with one attached hydrogen (secondary N) is 1. The van der Waals surface area contributed by atoms with Crippen molar-refractivity contribution in [1.82, 2.24) is 5.32 Å². The van der Waals surface area contributed by atoms with E-state index in [0.29, 0.717) is 13.0 Å². The second-order valence-corrected chi connectivity index (χ2v) is 10.9. The Kier molecular flexibility index (Phi) is 5.48. The summed E-state index contributed by atoms with van der Waals surface area (Å²) in [4.78, 5) is 27.6. The molecule has 8 heteroatoms. The Hall–Kier alpha value is -2.19. The second-order valence-electron chi connectivity index (χ2n) is 7.75. The van der Waals surface area contributed by atoms with E-state index < -0.39 is 9.84 Å². The van der Waals surface area contributed by atoms with E-state index in [1.165, 1.54) is 0 Å². The average molecular weight is 433 g/mol. The minimum atomic E-state index is -3.57. The monoisotopic (exact) mass is 432 g/mol. The van der Waals surface area contributed by atoms with Gasteiger partial charge in [0.2, 0.25) is 11.8 Å². The summed E-state index contributed by atoms with van der Waals surface area (Å²) < 4.78 is 25.5. The Labute approximate surface area is 174 Å². The van der Waals surface area contributed by atoms with Gasteiger partial charge in [-0.2, -0.15) is 0 Å². The Balaban J connectivity index is 1.40. The van der Waals surface area contributed by atoms with Crippen LogP contribution in [0.25, 0.3) is 0 Å². The number of rotatable bonds is 7. The normalized spacial score (nSPS) is 18.5. The topological polar surface area (TPSA) is 83.6 Å². The summed E-state index contributed by atoms with van der Waals surface area (Å²) in [6.45, 7) is 2.41. The minimum absolute atomic E-state index is 0.0408. The summed E-state index contributed by atoms with van der Waals surface area (Å²) in [5.74, 6) is -0.241. The van der Waals surface area contributed by atoms with E-state index in [-0.39, 0.29) is 40.8 Å². The number of sulfone groups is 1. The molecule has 2 aromatic rings. The van der Waals surface area contributed by atoms with Crippen molar-refractivity contribution >= 4 is 38.7 Å². The molecule has 1 atom stereocenters. The van der Waals surface area contributed by atoms with Gasteiger partial charge in [0.1, 0.15) is 0 Å². The van der Waals surface area contributed by atoms with E-state index in [2.05, 4.69) is 5.32 Å². The zero-order valence-corrected chi connectivity index (χ0v) is 17.9. The molecule has 1 aromatic carbocycles. The van der Waals surface area contributed by atoms with Gasteiger partial charge in [-0.15, -0.1) is 11.3 Å². The van der Waals surface area contributed by atoms with Crippen molar-refractivity contribution in [3.63, 3.8) is 0 Å². The molecule has 29 heavy (non-hydrogen) atoms. The highest BCUT2D eigenvalue weighted by Gasteiger charge is 2.39. The number of carbonyl (C=O) groups excluding carboxylic acids is 2. The largest absolute Gasteiger partial charge is 0.351 e. The summed E-state index contributed by atoms with van der Waals surface area (Å²) in [6.07, 6.45) is 2.46. The molecule has 2 heterocycles. The summed E-state index contributed by atoms with van der Waals surface area (Å²) in [6, 6.07) is 8.84. The lowest BCUT2D eigenvalue weighted by molar-refractivity contribution is -0.121. The third-order valence-corrected chi connectivity index (χ3v) is 8.02. The van der Waals surface area contributed by atoms with Gasteiger partial charge in [0, 0.05) is 28.9 Å². The Morgan fingerprint density at radius 3 is 2.72 bits per heavy atom. The summed E-state index contributed by atoms with van der Waals surface area (Å²) in [5, 5.41) is 4.68. The molecule has 0 bridgehead atoms. The van der Waals surface area contributed by atoms with Gasteiger partial charge >= 0.3 is 0 Å². The Bertz CT molecular complexity index is 1030. The van der Waals surface area contributed by atoms with Crippen molar-refractivity contribution in [2.75, 3.05) is 10.7 Å². The highest BCUT2D eigenvalue weighted by molar-refractivity contribution is 7.91. The highest BCUT2D eigenvalue weighted by atomic mass is 32.2. The molecule has 1 aromatic heterocycles. The fourth-order valence-corrected chi connectivity index (χ4v) is 5.63. The molecule has 154 valence electrons. The maximum Gasteiger partial charge on any atom is 0.230 e. The van der Waals surface area contributed by atoms with Gasteiger partial charge in [0.15, 0.2) is 9.84 Å². The maximum absolute atomic E-state index is 12.7. The van der Waals surface area contributed by atoms with Gasteiger partial charge in [-0.1, -0.05) is 6.07 Å². The third-order valence-electron chi connectivity index (χ3n) is 5.43. The molecule has 1 unspecified atom stereocenters. The van der Waals surface area contributed by atoms with E-state index in [0.717, 1.165) is 29.0 Å². The fraction of sp³-hybridized carbons (Fsp3) is 0.429.